The molecule has 1 atom stereocenters. The lowest BCUT2D eigenvalue weighted by molar-refractivity contribution is -0.159. The Balaban J connectivity index is 2.89. The van der Waals surface area contributed by atoms with Crippen molar-refractivity contribution in [3.8, 4) is 0 Å². The van der Waals surface area contributed by atoms with Crippen molar-refractivity contribution >= 4 is 5.97 Å². The van der Waals surface area contributed by atoms with Gasteiger partial charge in [0.25, 0.3) is 0 Å². The largest absolute Gasteiger partial charge is 0.460 e. The van der Waals surface area contributed by atoms with Crippen molar-refractivity contribution in [1.82, 2.24) is 0 Å². The van der Waals surface area contributed by atoms with Crippen molar-refractivity contribution < 1.29 is 22.7 Å². The van der Waals surface area contributed by atoms with Gasteiger partial charge in [0.15, 0.2) is 11.6 Å². The Hall–Kier alpha value is -1.56. The second-order valence-electron chi connectivity index (χ2n) is 5.53. The molecule has 0 aliphatic carbocycles. The first-order chi connectivity index (χ1) is 9.14. The molecule has 0 amide bonds. The van der Waals surface area contributed by atoms with E-state index in [4.69, 9.17) is 10.5 Å². The molecule has 0 heterocycles. The van der Waals surface area contributed by atoms with Crippen LogP contribution in [0.4, 0.5) is 13.2 Å². The molecule has 0 aliphatic heterocycles. The molecule has 6 heteroatoms. The van der Waals surface area contributed by atoms with E-state index >= 15 is 0 Å². The van der Waals surface area contributed by atoms with Crippen molar-refractivity contribution in [2.75, 3.05) is 6.54 Å². The van der Waals surface area contributed by atoms with Crippen LogP contribution in [0.2, 0.25) is 0 Å². The van der Waals surface area contributed by atoms with Crippen molar-refractivity contribution in [3.63, 3.8) is 0 Å². The van der Waals surface area contributed by atoms with Gasteiger partial charge in [-0.05, 0) is 38.8 Å². The number of carbonyl (C=O) groups excluding carboxylic acids is 1. The monoisotopic (exact) mass is 289 g/mol. The molecular formula is C14H18F3NO2. The van der Waals surface area contributed by atoms with E-state index < -0.39 is 34.9 Å². The van der Waals surface area contributed by atoms with Crippen LogP contribution >= 0.6 is 0 Å². The summed E-state index contributed by atoms with van der Waals surface area (Å²) in [4.78, 5) is 11.9. The molecule has 0 aliphatic rings. The molecule has 0 saturated carbocycles. The first-order valence-electron chi connectivity index (χ1n) is 6.20. The fraction of sp³-hybridized carbons (Fsp3) is 0.500. The summed E-state index contributed by atoms with van der Waals surface area (Å²) in [5, 5.41) is 0. The zero-order valence-corrected chi connectivity index (χ0v) is 11.7. The van der Waals surface area contributed by atoms with Crippen LogP contribution < -0.4 is 5.73 Å². The molecule has 112 valence electrons. The lowest BCUT2D eigenvalue weighted by atomic mass is 9.98. The molecular weight excluding hydrogens is 271 g/mol. The van der Waals surface area contributed by atoms with Crippen LogP contribution in [-0.4, -0.2) is 18.1 Å². The molecule has 0 radical (unpaired) electrons. The Morgan fingerprint density at radius 3 is 2.25 bits per heavy atom. The Kier molecular flexibility index (Phi) is 5.16. The minimum Gasteiger partial charge on any atom is -0.460 e. The summed E-state index contributed by atoms with van der Waals surface area (Å²) < 4.78 is 44.6. The first-order valence-corrected chi connectivity index (χ1v) is 6.20. The summed E-state index contributed by atoms with van der Waals surface area (Å²) in [7, 11) is 0. The molecule has 0 spiro atoms. The molecule has 2 N–H and O–H groups in total. The van der Waals surface area contributed by atoms with E-state index in [0.29, 0.717) is 6.07 Å². The SMILES string of the molecule is CC(C)(C)OC(=O)C(CN)Cc1cc(F)c(F)cc1F. The third-order valence-electron chi connectivity index (χ3n) is 2.58. The normalized spacial score (nSPS) is 13.2. The molecule has 3 nitrogen and oxygen atoms in total. The average Bonchev–Trinajstić information content (AvgIpc) is 2.29. The zero-order valence-electron chi connectivity index (χ0n) is 11.7. The maximum atomic E-state index is 13.5. The van der Waals surface area contributed by atoms with Gasteiger partial charge in [0, 0.05) is 12.6 Å². The second kappa shape index (κ2) is 6.26. The van der Waals surface area contributed by atoms with E-state index in [1.54, 1.807) is 20.8 Å². The summed E-state index contributed by atoms with van der Waals surface area (Å²) in [6.45, 7) is 5.00. The Morgan fingerprint density at radius 1 is 1.20 bits per heavy atom. The van der Waals surface area contributed by atoms with Crippen LogP contribution in [0.25, 0.3) is 0 Å². The van der Waals surface area contributed by atoms with Gasteiger partial charge in [-0.2, -0.15) is 0 Å². The predicted molar refractivity (Wildman–Crippen MR) is 68.4 cm³/mol. The highest BCUT2D eigenvalue weighted by atomic mass is 19.2. The van der Waals surface area contributed by atoms with Gasteiger partial charge < -0.3 is 10.5 Å². The van der Waals surface area contributed by atoms with Gasteiger partial charge in [0.05, 0.1) is 5.92 Å². The summed E-state index contributed by atoms with van der Waals surface area (Å²) in [5.41, 5.74) is 4.66. The summed E-state index contributed by atoms with van der Waals surface area (Å²) in [6.07, 6.45) is -0.144. The third kappa shape index (κ3) is 4.52. The van der Waals surface area contributed by atoms with Gasteiger partial charge in [0.2, 0.25) is 0 Å². The lowest BCUT2D eigenvalue weighted by Gasteiger charge is -2.23. The zero-order chi connectivity index (χ0) is 15.5. The van der Waals surface area contributed by atoms with E-state index in [1.165, 1.54) is 0 Å². The highest BCUT2D eigenvalue weighted by Crippen LogP contribution is 2.19. The van der Waals surface area contributed by atoms with Crippen LogP contribution in [0.3, 0.4) is 0 Å². The van der Waals surface area contributed by atoms with Gasteiger partial charge in [-0.1, -0.05) is 0 Å². The first kappa shape index (κ1) is 16.5. The van der Waals surface area contributed by atoms with Gasteiger partial charge in [0.1, 0.15) is 11.4 Å². The van der Waals surface area contributed by atoms with E-state index in [9.17, 15) is 18.0 Å². The summed E-state index contributed by atoms with van der Waals surface area (Å²) >= 11 is 0. The van der Waals surface area contributed by atoms with Crippen LogP contribution in [0.1, 0.15) is 26.3 Å². The number of ether oxygens (including phenoxy) is 1. The molecule has 1 aromatic carbocycles. The van der Waals surface area contributed by atoms with Gasteiger partial charge in [-0.15, -0.1) is 0 Å². The second-order valence-corrected chi connectivity index (χ2v) is 5.53. The quantitative estimate of drug-likeness (QED) is 0.684. The van der Waals surface area contributed by atoms with Gasteiger partial charge in [-0.25, -0.2) is 13.2 Å². The Labute approximate surface area is 115 Å². The summed E-state index contributed by atoms with van der Waals surface area (Å²) in [5.74, 6) is -4.75. The van der Waals surface area contributed by atoms with Crippen LogP contribution in [-0.2, 0) is 16.0 Å². The molecule has 0 fully saturated rings. The smallest absolute Gasteiger partial charge is 0.311 e. The van der Waals surface area contributed by atoms with Crippen LogP contribution in [0, 0.1) is 23.4 Å². The number of rotatable bonds is 4. The number of halogens is 3. The van der Waals surface area contributed by atoms with Crippen molar-refractivity contribution in [2.24, 2.45) is 11.7 Å². The fourth-order valence-electron chi connectivity index (χ4n) is 1.63. The molecule has 1 aromatic rings. The van der Waals surface area contributed by atoms with Gasteiger partial charge >= 0.3 is 5.97 Å². The molecule has 0 bridgehead atoms. The molecule has 1 unspecified atom stereocenters. The number of carbonyl (C=O) groups is 1. The highest BCUT2D eigenvalue weighted by molar-refractivity contribution is 5.73. The van der Waals surface area contributed by atoms with Crippen molar-refractivity contribution in [1.29, 1.82) is 0 Å². The number of esters is 1. The minimum atomic E-state index is -1.27. The van der Waals surface area contributed by atoms with E-state index in [1.807, 2.05) is 0 Å². The average molecular weight is 289 g/mol. The van der Waals surface area contributed by atoms with Crippen molar-refractivity contribution in [3.05, 3.63) is 35.1 Å². The lowest BCUT2D eigenvalue weighted by Crippen LogP contribution is -2.33. The number of nitrogens with two attached hydrogens (primary N) is 1. The minimum absolute atomic E-state index is 0.0760. The number of hydrogen-bond acceptors (Lipinski definition) is 3. The van der Waals surface area contributed by atoms with Crippen molar-refractivity contribution in [2.45, 2.75) is 32.8 Å². The third-order valence-corrected chi connectivity index (χ3v) is 2.58. The van der Waals surface area contributed by atoms with Gasteiger partial charge in [-0.3, -0.25) is 4.79 Å². The molecule has 1 rings (SSSR count). The maximum Gasteiger partial charge on any atom is 0.311 e. The molecule has 0 saturated heterocycles. The predicted octanol–water partition coefficient (Wildman–Crippen LogP) is 2.56. The highest BCUT2D eigenvalue weighted by Gasteiger charge is 2.25. The van der Waals surface area contributed by atoms with Crippen LogP contribution in [0.15, 0.2) is 12.1 Å². The van der Waals surface area contributed by atoms with Crippen LogP contribution in [0.5, 0.6) is 0 Å². The van der Waals surface area contributed by atoms with E-state index in [2.05, 4.69) is 0 Å². The Morgan fingerprint density at radius 2 is 1.75 bits per heavy atom. The number of hydrogen-bond donors (Lipinski definition) is 1. The molecule has 20 heavy (non-hydrogen) atoms. The summed E-state index contributed by atoms with van der Waals surface area (Å²) in [6, 6.07) is 1.19. The fourth-order valence-corrected chi connectivity index (χ4v) is 1.63. The van der Waals surface area contributed by atoms with E-state index in [0.717, 1.165) is 6.07 Å². The topological polar surface area (TPSA) is 52.3 Å². The Bertz CT molecular complexity index is 498. The maximum absolute atomic E-state index is 13.5. The molecule has 0 aromatic heterocycles. The standard InChI is InChI=1S/C14H18F3NO2/c1-14(2,3)20-13(19)9(7-18)4-8-5-11(16)12(17)6-10(8)15/h5-6,9H,4,7,18H2,1-3H3. The van der Waals surface area contributed by atoms with E-state index in [-0.39, 0.29) is 18.5 Å². The number of benzene rings is 1.